The van der Waals surface area contributed by atoms with Gasteiger partial charge in [0.25, 0.3) is 0 Å². The number of hydrogen-bond acceptors (Lipinski definition) is 0. The minimum atomic E-state index is -0.826. The Morgan fingerprint density at radius 1 is 0.484 bits per heavy atom. The van der Waals surface area contributed by atoms with Gasteiger partial charge in [-0.05, 0) is 115 Å². The van der Waals surface area contributed by atoms with E-state index < -0.39 is 41.7 Å². The summed E-state index contributed by atoms with van der Waals surface area (Å²) in [5.74, 6) is 9.92. The summed E-state index contributed by atoms with van der Waals surface area (Å²) < 4.78 is 0. The van der Waals surface area contributed by atoms with Gasteiger partial charge in [0.1, 0.15) is 0 Å². The van der Waals surface area contributed by atoms with Crippen LogP contribution in [0.5, 0.6) is 0 Å². The van der Waals surface area contributed by atoms with Crippen molar-refractivity contribution in [3.05, 3.63) is 101 Å². The molecular weight excluding hydrogens is 1060 g/mol. The van der Waals surface area contributed by atoms with Gasteiger partial charge in [0.15, 0.2) is 0 Å². The van der Waals surface area contributed by atoms with E-state index in [1.54, 1.807) is 11.1 Å². The van der Waals surface area contributed by atoms with E-state index in [2.05, 4.69) is 109 Å². The van der Waals surface area contributed by atoms with Crippen molar-refractivity contribution in [2.75, 3.05) is 0 Å². The van der Waals surface area contributed by atoms with Gasteiger partial charge in [-0.25, -0.2) is 0 Å². The second-order valence-electron chi connectivity index (χ2n) is 19.4. The Morgan fingerprint density at radius 2 is 0.812 bits per heavy atom. The molecule has 0 nitrogen and oxygen atoms in total. The molecule has 4 aliphatic carbocycles. The molecule has 0 saturated heterocycles. The number of hydrogen-bond donors (Lipinski definition) is 0. The van der Waals surface area contributed by atoms with E-state index in [1.807, 2.05) is 0 Å². The van der Waals surface area contributed by atoms with Gasteiger partial charge in [-0.15, -0.1) is 0 Å². The third kappa shape index (κ3) is 31.5. The van der Waals surface area contributed by atoms with Crippen molar-refractivity contribution in [1.29, 1.82) is 0 Å². The fourth-order valence-corrected chi connectivity index (χ4v) is 11.4. The zero-order chi connectivity index (χ0) is 42.5. The number of benzene rings is 2. The normalized spacial score (nSPS) is 22.5. The molecule has 4 saturated carbocycles. The fourth-order valence-electron chi connectivity index (χ4n) is 11.4. The van der Waals surface area contributed by atoms with E-state index in [-0.39, 0.29) is 49.5 Å². The van der Waals surface area contributed by atoms with Gasteiger partial charge in [0, 0.05) is 0 Å². The van der Waals surface area contributed by atoms with Crippen LogP contribution in [0.4, 0.5) is 0 Å². The van der Waals surface area contributed by atoms with E-state index in [9.17, 15) is 0 Å². The van der Waals surface area contributed by atoms with Crippen LogP contribution in [0.25, 0.3) is 0 Å². The van der Waals surface area contributed by atoms with Crippen molar-refractivity contribution in [2.45, 2.75) is 202 Å². The average Bonchev–Trinajstić information content (AvgIpc) is 4.09. The Kier molecular flexibility index (Phi) is 55.8. The van der Waals surface area contributed by atoms with Gasteiger partial charge < -0.3 is 29.7 Å². The molecule has 6 atom stereocenters. The molecule has 64 heavy (non-hydrogen) atoms. The van der Waals surface area contributed by atoms with Crippen molar-refractivity contribution >= 4 is 53.8 Å². The van der Waals surface area contributed by atoms with E-state index in [0.29, 0.717) is 0 Å². The summed E-state index contributed by atoms with van der Waals surface area (Å²) in [5, 5.41) is 0. The van der Waals surface area contributed by atoms with Crippen molar-refractivity contribution in [1.82, 2.24) is 0 Å². The van der Waals surface area contributed by atoms with Gasteiger partial charge >= 0.3 is 75.7 Å². The maximum atomic E-state index is 4.93. The SMILES string of the molecule is C1CCCC1.CC1C(C)C(C)C(C)C1C.CCCC(CC(CCCC(CC(C)CC1CCCC1)c1ccccc1)CC1CCCC1)c1ccccc1.P.P.[CH3-].[CH3-].[CH3-].[CH3-].[Cl][Zr+2][Cl].[Cl][Zr+2][Cl]. The molecule has 2 aromatic rings. The summed E-state index contributed by atoms with van der Waals surface area (Å²) in [7, 11) is 19.7. The number of halogens is 4. The van der Waals surface area contributed by atoms with Crippen molar-refractivity contribution < 1.29 is 41.7 Å². The van der Waals surface area contributed by atoms with Crippen LogP contribution >= 0.6 is 53.8 Å². The monoisotopic (exact) mass is 1160 g/mol. The first kappa shape index (κ1) is 75.2. The first-order chi connectivity index (χ1) is 28.1. The molecule has 0 heterocycles. The summed E-state index contributed by atoms with van der Waals surface area (Å²) in [6, 6.07) is 23.0. The molecule has 2 aromatic carbocycles. The van der Waals surface area contributed by atoms with E-state index in [1.165, 1.54) is 141 Å². The Morgan fingerprint density at radius 3 is 1.16 bits per heavy atom. The van der Waals surface area contributed by atoms with E-state index >= 15 is 0 Å². The first-order valence-electron chi connectivity index (χ1n) is 24.1. The molecule has 374 valence electrons. The second kappa shape index (κ2) is 47.5. The van der Waals surface area contributed by atoms with E-state index in [4.69, 9.17) is 34.1 Å². The van der Waals surface area contributed by atoms with Gasteiger partial charge in [0.2, 0.25) is 0 Å². The Labute approximate surface area is 447 Å². The van der Waals surface area contributed by atoms with Crippen LogP contribution in [0.2, 0.25) is 0 Å². The standard InChI is InChI=1S/C37H56.C10H20.C5H10.4CH3.4ClH.2H3P.2Zr/c1-3-15-36(34-21-6-4-7-22-34)29-33(28-32-18-12-13-19-32)20-14-25-37(35-23-8-5-9-24-35)27-30(2)26-31-16-10-11-17-31;1-6-7(2)9(4)10(5)8(6)3;1-2-4-5-3-1;;;;;;;;;;;;/h4-9,21-24,30-33,36-37H,3,10-20,25-29H2,1-2H3;6-10H,1-5H3;1-5H2;4*1H3;4*1H;2*1H3;;/q;;;4*-1;;;;;;;2*+4/p-4. The maximum absolute atomic E-state index is 4.93. The van der Waals surface area contributed by atoms with Gasteiger partial charge in [0.05, 0.1) is 0 Å². The second-order valence-corrected chi connectivity index (χ2v) is 26.8. The molecule has 4 aliphatic rings. The molecule has 4 fully saturated rings. The Hall–Kier alpha value is 2.23. The van der Waals surface area contributed by atoms with Crippen LogP contribution in [0.1, 0.15) is 213 Å². The molecule has 6 rings (SSSR count). The van der Waals surface area contributed by atoms with Crippen LogP contribution in [-0.4, -0.2) is 0 Å². The summed E-state index contributed by atoms with van der Waals surface area (Å²) in [5.41, 5.74) is 3.19. The van der Waals surface area contributed by atoms with E-state index in [0.717, 1.165) is 65.1 Å². The number of rotatable bonds is 16. The molecule has 0 aromatic heterocycles. The average molecular weight is 1160 g/mol. The van der Waals surface area contributed by atoms with Crippen molar-refractivity contribution in [3.63, 3.8) is 0 Å². The third-order valence-corrected chi connectivity index (χ3v) is 15.4. The van der Waals surface area contributed by atoms with Gasteiger partial charge in [-0.3, -0.25) is 0 Å². The first-order valence-corrected chi connectivity index (χ1v) is 36.8. The topological polar surface area (TPSA) is 0 Å². The van der Waals surface area contributed by atoms with Crippen LogP contribution in [0.15, 0.2) is 60.7 Å². The quantitative estimate of drug-likeness (QED) is 0.116. The summed E-state index contributed by atoms with van der Waals surface area (Å²) in [4.78, 5) is 0. The molecule has 0 spiro atoms. The third-order valence-electron chi connectivity index (χ3n) is 15.4. The molecule has 0 radical (unpaired) electrons. The van der Waals surface area contributed by atoms with Gasteiger partial charge in [-0.2, -0.15) is 19.8 Å². The summed E-state index contributed by atoms with van der Waals surface area (Å²) in [6.07, 6.45) is 32.0. The Balaban J connectivity index is -0.000000357. The molecule has 0 N–H and O–H groups in total. The zero-order valence-corrected chi connectivity index (χ0v) is 54.4. The van der Waals surface area contributed by atoms with Gasteiger partial charge in [-0.1, -0.05) is 212 Å². The molecular formula is C56H104Cl4P2Zr2. The van der Waals surface area contributed by atoms with Crippen LogP contribution < -0.4 is 0 Å². The molecule has 6 unspecified atom stereocenters. The molecule has 8 heteroatoms. The van der Waals surface area contributed by atoms with Crippen molar-refractivity contribution in [3.8, 4) is 0 Å². The predicted molar refractivity (Wildman–Crippen MR) is 302 cm³/mol. The van der Waals surface area contributed by atoms with Crippen LogP contribution in [0.3, 0.4) is 0 Å². The zero-order valence-electron chi connectivity index (χ0n) is 43.6. The van der Waals surface area contributed by atoms with Crippen LogP contribution in [0, 0.1) is 83.0 Å². The summed E-state index contributed by atoms with van der Waals surface area (Å²) in [6.45, 7) is 16.9. The minimum absolute atomic E-state index is 0. The Bertz CT molecular complexity index is 1160. The fraction of sp³-hybridized carbons (Fsp3) is 0.714. The van der Waals surface area contributed by atoms with Crippen molar-refractivity contribution in [2.24, 2.45) is 53.3 Å². The molecule has 0 aliphatic heterocycles. The van der Waals surface area contributed by atoms with Crippen LogP contribution in [-0.2, 0) is 41.7 Å². The predicted octanol–water partition coefficient (Wildman–Crippen LogP) is 21.5. The molecule has 0 amide bonds. The molecule has 0 bridgehead atoms. The summed E-state index contributed by atoms with van der Waals surface area (Å²) >= 11 is -1.65.